The topological polar surface area (TPSA) is 73.7 Å². The lowest BCUT2D eigenvalue weighted by Crippen LogP contribution is -2.43. The minimum atomic E-state index is -3.47. The lowest BCUT2D eigenvalue weighted by atomic mass is 9.84. The summed E-state index contributed by atoms with van der Waals surface area (Å²) in [4.78, 5) is 6.73. The third-order valence-corrected chi connectivity index (χ3v) is 8.18. The Morgan fingerprint density at radius 1 is 0.966 bits per heavy atom. The van der Waals surface area contributed by atoms with Gasteiger partial charge in [-0.05, 0) is 43.9 Å². The minimum Gasteiger partial charge on any atom is -0.385 e. The Bertz CT molecular complexity index is 951. The zero-order valence-electron chi connectivity index (χ0n) is 16.3. The Labute approximate surface area is 177 Å². The number of anilines is 1. The van der Waals surface area contributed by atoms with Crippen molar-refractivity contribution >= 4 is 27.4 Å². The summed E-state index contributed by atoms with van der Waals surface area (Å²) in [6, 6.07) is 10.8. The molecule has 2 aliphatic heterocycles. The standard InChI is InChI=1S/C21H26ClN3O3S/c22-19-7-3-2-6-18(19)21(26)10-14-24(15-11-21)20-9-8-17(16-23-20)29(27,28)25-12-4-1-5-13-25/h2-3,6-9,16,26H,1,4-5,10-15H2. The van der Waals surface area contributed by atoms with Gasteiger partial charge in [-0.3, -0.25) is 0 Å². The van der Waals surface area contributed by atoms with E-state index in [0.29, 0.717) is 44.0 Å². The minimum absolute atomic E-state index is 0.243. The summed E-state index contributed by atoms with van der Waals surface area (Å²) in [6.07, 6.45) is 5.42. The van der Waals surface area contributed by atoms with Gasteiger partial charge in [0.25, 0.3) is 0 Å². The van der Waals surface area contributed by atoms with Crippen molar-refractivity contribution in [2.75, 3.05) is 31.1 Å². The van der Waals surface area contributed by atoms with E-state index >= 15 is 0 Å². The fraction of sp³-hybridized carbons (Fsp3) is 0.476. The van der Waals surface area contributed by atoms with Gasteiger partial charge in [0.15, 0.2) is 0 Å². The Balaban J connectivity index is 1.45. The SMILES string of the molecule is O=S(=O)(c1ccc(N2CCC(O)(c3ccccc3Cl)CC2)nc1)N1CCCCC1. The number of halogens is 1. The Morgan fingerprint density at radius 2 is 1.66 bits per heavy atom. The molecule has 1 N–H and O–H groups in total. The van der Waals surface area contributed by atoms with Crippen molar-refractivity contribution in [3.63, 3.8) is 0 Å². The van der Waals surface area contributed by atoms with E-state index in [1.807, 2.05) is 18.2 Å². The number of piperidine rings is 2. The molecule has 2 saturated heterocycles. The first-order valence-electron chi connectivity index (χ1n) is 10.1. The Hall–Kier alpha value is -1.67. The van der Waals surface area contributed by atoms with Crippen LogP contribution in [0.4, 0.5) is 5.82 Å². The average molecular weight is 436 g/mol. The van der Waals surface area contributed by atoms with Gasteiger partial charge in [0.1, 0.15) is 10.7 Å². The largest absolute Gasteiger partial charge is 0.385 e. The molecule has 0 spiro atoms. The predicted molar refractivity (Wildman–Crippen MR) is 114 cm³/mol. The number of hydrogen-bond acceptors (Lipinski definition) is 5. The molecule has 3 heterocycles. The van der Waals surface area contributed by atoms with Gasteiger partial charge in [-0.2, -0.15) is 4.31 Å². The molecular formula is C21H26ClN3O3S. The average Bonchev–Trinajstić information content (AvgIpc) is 2.75. The van der Waals surface area contributed by atoms with E-state index in [9.17, 15) is 13.5 Å². The van der Waals surface area contributed by atoms with Crippen molar-refractivity contribution < 1.29 is 13.5 Å². The van der Waals surface area contributed by atoms with Gasteiger partial charge in [-0.1, -0.05) is 36.2 Å². The maximum Gasteiger partial charge on any atom is 0.244 e. The molecule has 2 fully saturated rings. The van der Waals surface area contributed by atoms with Gasteiger partial charge in [-0.15, -0.1) is 0 Å². The first kappa shape index (κ1) is 20.6. The van der Waals surface area contributed by atoms with E-state index in [1.165, 1.54) is 6.20 Å². The number of pyridine rings is 1. The summed E-state index contributed by atoms with van der Waals surface area (Å²) in [5.74, 6) is 0.726. The molecule has 2 aliphatic rings. The highest BCUT2D eigenvalue weighted by Gasteiger charge is 2.36. The Morgan fingerprint density at radius 3 is 2.28 bits per heavy atom. The van der Waals surface area contributed by atoms with Gasteiger partial charge in [0, 0.05) is 43.0 Å². The molecule has 0 unspecified atom stereocenters. The first-order chi connectivity index (χ1) is 13.9. The zero-order chi connectivity index (χ0) is 20.5. The molecule has 0 bridgehead atoms. The summed E-state index contributed by atoms with van der Waals surface area (Å²) < 4.78 is 27.1. The van der Waals surface area contributed by atoms with E-state index in [0.717, 1.165) is 30.6 Å². The molecule has 6 nitrogen and oxygen atoms in total. The van der Waals surface area contributed by atoms with Crippen molar-refractivity contribution in [1.82, 2.24) is 9.29 Å². The fourth-order valence-electron chi connectivity index (χ4n) is 4.18. The number of benzene rings is 1. The molecule has 2 aromatic rings. The van der Waals surface area contributed by atoms with Crippen LogP contribution in [0.15, 0.2) is 47.5 Å². The molecule has 8 heteroatoms. The van der Waals surface area contributed by atoms with Crippen LogP contribution in [0.2, 0.25) is 5.02 Å². The lowest BCUT2D eigenvalue weighted by Gasteiger charge is -2.39. The summed E-state index contributed by atoms with van der Waals surface area (Å²) in [7, 11) is -3.47. The molecule has 156 valence electrons. The van der Waals surface area contributed by atoms with E-state index < -0.39 is 15.6 Å². The molecule has 29 heavy (non-hydrogen) atoms. The predicted octanol–water partition coefficient (Wildman–Crippen LogP) is 3.40. The molecule has 0 saturated carbocycles. The quantitative estimate of drug-likeness (QED) is 0.796. The molecular weight excluding hydrogens is 410 g/mol. The highest BCUT2D eigenvalue weighted by Crippen LogP contribution is 2.37. The third-order valence-electron chi connectivity index (χ3n) is 5.96. The van der Waals surface area contributed by atoms with Crippen molar-refractivity contribution in [2.24, 2.45) is 0 Å². The van der Waals surface area contributed by atoms with Gasteiger partial charge >= 0.3 is 0 Å². The van der Waals surface area contributed by atoms with E-state index in [-0.39, 0.29) is 4.90 Å². The zero-order valence-corrected chi connectivity index (χ0v) is 17.9. The maximum absolute atomic E-state index is 12.8. The van der Waals surface area contributed by atoms with Gasteiger partial charge < -0.3 is 10.0 Å². The molecule has 1 aromatic carbocycles. The van der Waals surface area contributed by atoms with Crippen LogP contribution >= 0.6 is 11.6 Å². The van der Waals surface area contributed by atoms with E-state index in [1.54, 1.807) is 22.5 Å². The highest BCUT2D eigenvalue weighted by atomic mass is 35.5. The molecule has 0 amide bonds. The fourth-order valence-corrected chi connectivity index (χ4v) is 5.95. The van der Waals surface area contributed by atoms with Crippen LogP contribution in [-0.4, -0.2) is 49.0 Å². The summed E-state index contributed by atoms with van der Waals surface area (Å²) in [5, 5.41) is 11.6. The van der Waals surface area contributed by atoms with Crippen LogP contribution in [0.5, 0.6) is 0 Å². The van der Waals surface area contributed by atoms with Gasteiger partial charge in [0.2, 0.25) is 10.0 Å². The van der Waals surface area contributed by atoms with E-state index in [4.69, 9.17) is 11.6 Å². The molecule has 0 atom stereocenters. The summed E-state index contributed by atoms with van der Waals surface area (Å²) in [6.45, 7) is 2.40. The summed E-state index contributed by atoms with van der Waals surface area (Å²) >= 11 is 6.28. The number of sulfonamides is 1. The third kappa shape index (κ3) is 4.14. The second kappa shape index (κ2) is 8.22. The Kier molecular flexibility index (Phi) is 5.84. The van der Waals surface area contributed by atoms with Crippen molar-refractivity contribution in [3.8, 4) is 0 Å². The smallest absolute Gasteiger partial charge is 0.244 e. The van der Waals surface area contributed by atoms with Crippen LogP contribution in [0.1, 0.15) is 37.7 Å². The van der Waals surface area contributed by atoms with Gasteiger partial charge in [-0.25, -0.2) is 13.4 Å². The number of aliphatic hydroxyl groups is 1. The molecule has 4 rings (SSSR count). The second-order valence-electron chi connectivity index (χ2n) is 7.82. The monoisotopic (exact) mass is 435 g/mol. The molecule has 0 radical (unpaired) electrons. The highest BCUT2D eigenvalue weighted by molar-refractivity contribution is 7.89. The van der Waals surface area contributed by atoms with Crippen LogP contribution in [0, 0.1) is 0 Å². The normalized spacial score (nSPS) is 20.6. The van der Waals surface area contributed by atoms with E-state index in [2.05, 4.69) is 9.88 Å². The molecule has 0 aliphatic carbocycles. The molecule has 1 aromatic heterocycles. The van der Waals surface area contributed by atoms with Crippen molar-refractivity contribution in [3.05, 3.63) is 53.2 Å². The van der Waals surface area contributed by atoms with Crippen LogP contribution in [0.25, 0.3) is 0 Å². The number of rotatable bonds is 4. The van der Waals surface area contributed by atoms with Gasteiger partial charge in [0.05, 0.1) is 5.60 Å². The number of aromatic nitrogens is 1. The van der Waals surface area contributed by atoms with Crippen LogP contribution in [0.3, 0.4) is 0 Å². The summed E-state index contributed by atoms with van der Waals surface area (Å²) in [5.41, 5.74) is -0.191. The lowest BCUT2D eigenvalue weighted by molar-refractivity contribution is 0.0117. The van der Waals surface area contributed by atoms with Crippen molar-refractivity contribution in [1.29, 1.82) is 0 Å². The first-order valence-corrected chi connectivity index (χ1v) is 11.9. The van der Waals surface area contributed by atoms with Crippen LogP contribution < -0.4 is 4.90 Å². The number of nitrogens with zero attached hydrogens (tertiary/aromatic N) is 3. The number of hydrogen-bond donors (Lipinski definition) is 1. The van der Waals surface area contributed by atoms with Crippen LogP contribution in [-0.2, 0) is 15.6 Å². The van der Waals surface area contributed by atoms with Crippen molar-refractivity contribution in [2.45, 2.75) is 42.6 Å². The second-order valence-corrected chi connectivity index (χ2v) is 10.2. The maximum atomic E-state index is 12.8.